The third-order valence-electron chi connectivity index (χ3n) is 1.59. The van der Waals surface area contributed by atoms with Crippen LogP contribution in [0.15, 0.2) is 0 Å². The number of nitrogens with two attached hydrogens (primary N) is 1. The number of ether oxygens (including phenoxy) is 1. The second kappa shape index (κ2) is 8.37. The second-order valence-corrected chi connectivity index (χ2v) is 3.38. The molecule has 0 aliphatic rings. The van der Waals surface area contributed by atoms with Crippen molar-refractivity contribution in [2.24, 2.45) is 5.73 Å². The van der Waals surface area contributed by atoms with E-state index >= 15 is 0 Å². The molecule has 0 aliphatic carbocycles. The minimum Gasteiger partial charge on any atom is -0.394 e. The minimum absolute atomic E-state index is 0.0800. The predicted molar refractivity (Wildman–Crippen MR) is 56.8 cm³/mol. The van der Waals surface area contributed by atoms with Crippen LogP contribution in [-0.2, 0) is 4.74 Å². The molecule has 0 spiro atoms. The van der Waals surface area contributed by atoms with E-state index in [1.807, 2.05) is 7.05 Å². The minimum atomic E-state index is 0.0800. The van der Waals surface area contributed by atoms with Gasteiger partial charge in [-0.05, 0) is 7.05 Å². The highest BCUT2D eigenvalue weighted by Gasteiger charge is 1.98. The number of likely N-dealkylation sites (N-methyl/N-ethyl adjacent to an activating group) is 1. The van der Waals surface area contributed by atoms with Crippen LogP contribution in [0.2, 0.25) is 0 Å². The summed E-state index contributed by atoms with van der Waals surface area (Å²) in [6.45, 7) is 2.81. The summed E-state index contributed by atoms with van der Waals surface area (Å²) in [7, 11) is 1.99. The average Bonchev–Trinajstić information content (AvgIpc) is 2.09. The molecule has 0 unspecified atom stereocenters. The molecule has 5 heteroatoms. The van der Waals surface area contributed by atoms with E-state index in [1.165, 1.54) is 0 Å². The molecule has 78 valence electrons. The molecule has 0 aromatic heterocycles. The van der Waals surface area contributed by atoms with Gasteiger partial charge in [-0.2, -0.15) is 0 Å². The van der Waals surface area contributed by atoms with Crippen molar-refractivity contribution in [1.82, 2.24) is 4.90 Å². The molecule has 4 nitrogen and oxygen atoms in total. The van der Waals surface area contributed by atoms with Gasteiger partial charge in [-0.1, -0.05) is 12.2 Å². The van der Waals surface area contributed by atoms with Crippen molar-refractivity contribution in [1.29, 1.82) is 0 Å². The summed E-state index contributed by atoms with van der Waals surface area (Å²) in [4.78, 5) is 2.64. The van der Waals surface area contributed by atoms with Crippen LogP contribution in [0.4, 0.5) is 0 Å². The van der Waals surface area contributed by atoms with Crippen molar-refractivity contribution in [3.05, 3.63) is 0 Å². The normalized spacial score (nSPS) is 10.7. The topological polar surface area (TPSA) is 58.7 Å². The smallest absolute Gasteiger partial charge is 0.0740 e. The Kier molecular flexibility index (Phi) is 8.22. The maximum Gasteiger partial charge on any atom is 0.0740 e. The maximum atomic E-state index is 8.44. The molecule has 0 aromatic carbocycles. The van der Waals surface area contributed by atoms with Crippen LogP contribution in [0.5, 0.6) is 0 Å². The van der Waals surface area contributed by atoms with E-state index in [4.69, 9.17) is 27.8 Å². The van der Waals surface area contributed by atoms with E-state index in [-0.39, 0.29) is 6.61 Å². The van der Waals surface area contributed by atoms with Gasteiger partial charge in [0.1, 0.15) is 0 Å². The first-order valence-corrected chi connectivity index (χ1v) is 4.73. The van der Waals surface area contributed by atoms with Crippen molar-refractivity contribution in [2.45, 2.75) is 6.42 Å². The van der Waals surface area contributed by atoms with Crippen molar-refractivity contribution in [3.8, 4) is 0 Å². The molecular weight excluding hydrogens is 188 g/mol. The number of aliphatic hydroxyl groups is 1. The molecule has 0 aromatic rings. The Balaban J connectivity index is 3.19. The van der Waals surface area contributed by atoms with Gasteiger partial charge in [-0.3, -0.25) is 0 Å². The number of rotatable bonds is 8. The lowest BCUT2D eigenvalue weighted by atomic mass is 10.4. The Morgan fingerprint density at radius 3 is 2.69 bits per heavy atom. The van der Waals surface area contributed by atoms with E-state index in [0.717, 1.165) is 19.5 Å². The van der Waals surface area contributed by atoms with Crippen LogP contribution >= 0.6 is 12.2 Å². The second-order valence-electron chi connectivity index (χ2n) is 2.86. The van der Waals surface area contributed by atoms with Crippen LogP contribution in [0.25, 0.3) is 0 Å². The van der Waals surface area contributed by atoms with Gasteiger partial charge in [0.2, 0.25) is 0 Å². The SMILES string of the molecule is CN(CCOCCO)CCC(N)=S. The summed E-state index contributed by atoms with van der Waals surface area (Å²) in [5.74, 6) is 0. The summed E-state index contributed by atoms with van der Waals surface area (Å²) in [5, 5.41) is 8.44. The molecule has 0 atom stereocenters. The fourth-order valence-electron chi connectivity index (χ4n) is 0.800. The van der Waals surface area contributed by atoms with Gasteiger partial charge < -0.3 is 20.5 Å². The highest BCUT2D eigenvalue weighted by Crippen LogP contribution is 1.88. The zero-order valence-electron chi connectivity index (χ0n) is 8.03. The third kappa shape index (κ3) is 9.69. The quantitative estimate of drug-likeness (QED) is 0.418. The van der Waals surface area contributed by atoms with Gasteiger partial charge in [-0.15, -0.1) is 0 Å². The predicted octanol–water partition coefficient (Wildman–Crippen LogP) is -0.397. The van der Waals surface area contributed by atoms with Crippen molar-refractivity contribution in [3.63, 3.8) is 0 Å². The van der Waals surface area contributed by atoms with Crippen molar-refractivity contribution < 1.29 is 9.84 Å². The van der Waals surface area contributed by atoms with Gasteiger partial charge in [0.25, 0.3) is 0 Å². The fourth-order valence-corrected chi connectivity index (χ4v) is 0.891. The van der Waals surface area contributed by atoms with Gasteiger partial charge in [0, 0.05) is 19.5 Å². The molecular formula is C8H18N2O2S. The zero-order chi connectivity index (χ0) is 10.1. The first-order valence-electron chi connectivity index (χ1n) is 4.32. The first kappa shape index (κ1) is 12.8. The van der Waals surface area contributed by atoms with Crippen molar-refractivity contribution in [2.75, 3.05) is 40.0 Å². The summed E-state index contributed by atoms with van der Waals surface area (Å²) in [6, 6.07) is 0. The van der Waals surface area contributed by atoms with E-state index in [0.29, 0.717) is 18.2 Å². The molecule has 0 saturated heterocycles. The van der Waals surface area contributed by atoms with Gasteiger partial charge in [-0.25, -0.2) is 0 Å². The van der Waals surface area contributed by atoms with E-state index in [2.05, 4.69) is 4.90 Å². The van der Waals surface area contributed by atoms with Crippen LogP contribution in [0, 0.1) is 0 Å². The maximum absolute atomic E-state index is 8.44. The molecule has 3 N–H and O–H groups in total. The zero-order valence-corrected chi connectivity index (χ0v) is 8.85. The van der Waals surface area contributed by atoms with Gasteiger partial charge >= 0.3 is 0 Å². The monoisotopic (exact) mass is 206 g/mol. The van der Waals surface area contributed by atoms with E-state index < -0.39 is 0 Å². The lowest BCUT2D eigenvalue weighted by Gasteiger charge is -2.15. The average molecular weight is 206 g/mol. The first-order chi connectivity index (χ1) is 6.16. The van der Waals surface area contributed by atoms with Gasteiger partial charge in [0.05, 0.1) is 24.8 Å². The molecule has 0 aliphatic heterocycles. The Labute approximate surface area is 84.7 Å². The summed E-state index contributed by atoms with van der Waals surface area (Å²) < 4.78 is 5.10. The van der Waals surface area contributed by atoms with E-state index in [1.54, 1.807) is 0 Å². The standard InChI is InChI=1S/C8H18N2O2S/c1-10(3-2-8(9)13)4-6-12-7-5-11/h11H,2-7H2,1H3,(H2,9,13). The summed E-state index contributed by atoms with van der Waals surface area (Å²) in [5.41, 5.74) is 5.36. The summed E-state index contributed by atoms with van der Waals surface area (Å²) >= 11 is 4.75. The molecule has 0 saturated carbocycles. The Bertz CT molecular complexity index is 144. The number of nitrogens with zero attached hydrogens (tertiary/aromatic N) is 1. The molecule has 0 radical (unpaired) electrons. The number of hydrogen-bond donors (Lipinski definition) is 2. The summed E-state index contributed by atoms with van der Waals surface area (Å²) in [6.07, 6.45) is 0.742. The van der Waals surface area contributed by atoms with Crippen LogP contribution in [0.1, 0.15) is 6.42 Å². The Morgan fingerprint density at radius 2 is 2.15 bits per heavy atom. The molecule has 13 heavy (non-hydrogen) atoms. The molecule has 0 fully saturated rings. The highest BCUT2D eigenvalue weighted by atomic mass is 32.1. The number of hydrogen-bond acceptors (Lipinski definition) is 4. The lowest BCUT2D eigenvalue weighted by Crippen LogP contribution is -2.27. The van der Waals surface area contributed by atoms with Crippen LogP contribution in [0.3, 0.4) is 0 Å². The van der Waals surface area contributed by atoms with E-state index in [9.17, 15) is 0 Å². The van der Waals surface area contributed by atoms with Crippen molar-refractivity contribution >= 4 is 17.2 Å². The largest absolute Gasteiger partial charge is 0.394 e. The fraction of sp³-hybridized carbons (Fsp3) is 0.875. The number of thiocarbonyl (C=S) groups is 1. The molecule has 0 heterocycles. The third-order valence-corrected chi connectivity index (χ3v) is 1.80. The van der Waals surface area contributed by atoms with Crippen LogP contribution in [-0.4, -0.2) is 55.0 Å². The lowest BCUT2D eigenvalue weighted by molar-refractivity contribution is 0.0789. The Hall–Kier alpha value is -0.230. The molecule has 0 rings (SSSR count). The molecule has 0 bridgehead atoms. The Morgan fingerprint density at radius 1 is 1.46 bits per heavy atom. The molecule has 0 amide bonds. The van der Waals surface area contributed by atoms with Gasteiger partial charge in [0.15, 0.2) is 0 Å². The number of aliphatic hydroxyl groups excluding tert-OH is 1. The van der Waals surface area contributed by atoms with Crippen LogP contribution < -0.4 is 5.73 Å². The highest BCUT2D eigenvalue weighted by molar-refractivity contribution is 7.80.